The molecule has 1 heterocycles. The lowest BCUT2D eigenvalue weighted by Gasteiger charge is -1.94. The van der Waals surface area contributed by atoms with Gasteiger partial charge in [-0.25, -0.2) is 4.98 Å². The van der Waals surface area contributed by atoms with Gasteiger partial charge in [0.25, 0.3) is 0 Å². The molecule has 0 bridgehead atoms. The summed E-state index contributed by atoms with van der Waals surface area (Å²) in [7, 11) is 0. The van der Waals surface area contributed by atoms with Crippen LogP contribution in [0.15, 0.2) is 41.1 Å². The third kappa shape index (κ3) is 6.91. The van der Waals surface area contributed by atoms with Gasteiger partial charge in [-0.15, -0.1) is 0 Å². The molecule has 1 aromatic rings. The first kappa shape index (κ1) is 13.9. The van der Waals surface area contributed by atoms with Crippen molar-refractivity contribution in [2.24, 2.45) is 0 Å². The molecule has 0 saturated heterocycles. The largest absolute Gasteiger partial charge is 0.282 e. The number of hydrogen-bond donors (Lipinski definition) is 0. The molecule has 0 aliphatic rings. The molecule has 82 valence electrons. The number of pyridine rings is 1. The average molecular weight is 223 g/mol. The average Bonchev–Trinajstić information content (AvgIpc) is 2.21. The Hall–Kier alpha value is -1.09. The first-order valence-electron chi connectivity index (χ1n) is 4.96. The van der Waals surface area contributed by atoms with Crippen molar-refractivity contribution >= 4 is 16.9 Å². The van der Waals surface area contributed by atoms with Gasteiger partial charge in [0.05, 0.1) is 0 Å². The standard InChI is InChI=1S/C10H11NOS.C2H6/c1-8(2)7-10(12)13-9-5-3-4-6-11-9;1-2/h3-7H,1-2H3;1-2H3. The first-order valence-corrected chi connectivity index (χ1v) is 5.78. The van der Waals surface area contributed by atoms with E-state index in [1.807, 2.05) is 45.9 Å². The highest BCUT2D eigenvalue weighted by Gasteiger charge is 2.00. The Kier molecular flexibility index (Phi) is 7.64. The van der Waals surface area contributed by atoms with Crippen molar-refractivity contribution in [3.05, 3.63) is 36.0 Å². The smallest absolute Gasteiger partial charge is 0.218 e. The van der Waals surface area contributed by atoms with Gasteiger partial charge in [-0.05, 0) is 43.8 Å². The quantitative estimate of drug-likeness (QED) is 0.565. The number of carbonyl (C=O) groups is 1. The van der Waals surface area contributed by atoms with E-state index in [4.69, 9.17) is 0 Å². The summed E-state index contributed by atoms with van der Waals surface area (Å²) >= 11 is 1.15. The van der Waals surface area contributed by atoms with E-state index in [0.29, 0.717) is 0 Å². The second-order valence-corrected chi connectivity index (χ2v) is 3.84. The van der Waals surface area contributed by atoms with Crippen LogP contribution in [-0.4, -0.2) is 10.1 Å². The summed E-state index contributed by atoms with van der Waals surface area (Å²) in [5, 5.41) is 0.767. The molecular weight excluding hydrogens is 206 g/mol. The first-order chi connectivity index (χ1) is 7.18. The van der Waals surface area contributed by atoms with Gasteiger partial charge in [0.1, 0.15) is 5.03 Å². The zero-order valence-corrected chi connectivity index (χ0v) is 10.5. The molecule has 15 heavy (non-hydrogen) atoms. The van der Waals surface area contributed by atoms with Gasteiger partial charge in [-0.1, -0.05) is 25.5 Å². The van der Waals surface area contributed by atoms with E-state index >= 15 is 0 Å². The van der Waals surface area contributed by atoms with Gasteiger partial charge >= 0.3 is 0 Å². The van der Waals surface area contributed by atoms with Crippen molar-refractivity contribution < 1.29 is 4.79 Å². The van der Waals surface area contributed by atoms with Gasteiger partial charge in [-0.3, -0.25) is 4.79 Å². The Bertz CT molecular complexity index is 316. The minimum atomic E-state index is 0.0266. The maximum Gasteiger partial charge on any atom is 0.218 e. The number of thioether (sulfide) groups is 1. The summed E-state index contributed by atoms with van der Waals surface area (Å²) in [4.78, 5) is 15.3. The van der Waals surface area contributed by atoms with E-state index in [9.17, 15) is 4.79 Å². The fraction of sp³-hybridized carbons (Fsp3) is 0.333. The summed E-state index contributed by atoms with van der Waals surface area (Å²) in [6.07, 6.45) is 3.29. The molecule has 0 aliphatic heterocycles. The number of nitrogens with zero attached hydrogens (tertiary/aromatic N) is 1. The minimum Gasteiger partial charge on any atom is -0.282 e. The van der Waals surface area contributed by atoms with Gasteiger partial charge in [0.2, 0.25) is 5.12 Å². The second-order valence-electron chi connectivity index (χ2n) is 2.81. The van der Waals surface area contributed by atoms with Crippen LogP contribution in [0.5, 0.6) is 0 Å². The molecule has 1 rings (SSSR count). The molecule has 1 aromatic heterocycles. The molecule has 0 unspecified atom stereocenters. The Morgan fingerprint density at radius 2 is 2.00 bits per heavy atom. The lowest BCUT2D eigenvalue weighted by molar-refractivity contribution is -0.107. The molecule has 0 fully saturated rings. The monoisotopic (exact) mass is 223 g/mol. The van der Waals surface area contributed by atoms with Crippen LogP contribution in [0, 0.1) is 0 Å². The van der Waals surface area contributed by atoms with Crippen LogP contribution >= 0.6 is 11.8 Å². The van der Waals surface area contributed by atoms with Gasteiger partial charge < -0.3 is 0 Å². The predicted octanol–water partition coefficient (Wildman–Crippen LogP) is 3.69. The molecular formula is C12H17NOS. The highest BCUT2D eigenvalue weighted by molar-refractivity contribution is 8.14. The van der Waals surface area contributed by atoms with E-state index in [0.717, 1.165) is 22.4 Å². The summed E-state index contributed by atoms with van der Waals surface area (Å²) in [5.41, 5.74) is 1.01. The SMILES string of the molecule is CC.CC(C)=CC(=O)Sc1ccccn1. The molecule has 2 nitrogen and oxygen atoms in total. The van der Waals surface area contributed by atoms with Crippen LogP contribution in [0.2, 0.25) is 0 Å². The van der Waals surface area contributed by atoms with Crippen LogP contribution in [0.25, 0.3) is 0 Å². The number of allylic oxidation sites excluding steroid dienone is 1. The van der Waals surface area contributed by atoms with Crippen molar-refractivity contribution in [1.29, 1.82) is 0 Å². The van der Waals surface area contributed by atoms with Crippen molar-refractivity contribution in [3.63, 3.8) is 0 Å². The topological polar surface area (TPSA) is 30.0 Å². The van der Waals surface area contributed by atoms with E-state index in [1.54, 1.807) is 12.3 Å². The van der Waals surface area contributed by atoms with Crippen LogP contribution in [0.1, 0.15) is 27.7 Å². The number of aromatic nitrogens is 1. The van der Waals surface area contributed by atoms with E-state index in [-0.39, 0.29) is 5.12 Å². The summed E-state index contributed by atoms with van der Waals surface area (Å²) in [5.74, 6) is 0. The molecule has 0 atom stereocenters. The zero-order chi connectivity index (χ0) is 11.7. The van der Waals surface area contributed by atoms with E-state index in [1.165, 1.54) is 0 Å². The van der Waals surface area contributed by atoms with Gasteiger partial charge in [0, 0.05) is 6.20 Å². The maximum absolute atomic E-state index is 11.3. The van der Waals surface area contributed by atoms with Crippen LogP contribution in [0.3, 0.4) is 0 Å². The Labute approximate surface area is 95.8 Å². The summed E-state index contributed by atoms with van der Waals surface area (Å²) < 4.78 is 0. The van der Waals surface area contributed by atoms with Crippen LogP contribution < -0.4 is 0 Å². The van der Waals surface area contributed by atoms with E-state index < -0.39 is 0 Å². The third-order valence-corrected chi connectivity index (χ3v) is 2.02. The molecule has 0 saturated carbocycles. The van der Waals surface area contributed by atoms with Crippen molar-refractivity contribution in [2.75, 3.05) is 0 Å². The highest BCUT2D eigenvalue weighted by Crippen LogP contribution is 2.16. The normalized spacial score (nSPS) is 8.53. The molecule has 0 N–H and O–H groups in total. The Morgan fingerprint density at radius 1 is 1.33 bits per heavy atom. The Balaban J connectivity index is 0.000000921. The minimum absolute atomic E-state index is 0.0266. The van der Waals surface area contributed by atoms with Gasteiger partial charge in [0.15, 0.2) is 0 Å². The predicted molar refractivity (Wildman–Crippen MR) is 65.9 cm³/mol. The van der Waals surface area contributed by atoms with Crippen molar-refractivity contribution in [3.8, 4) is 0 Å². The highest BCUT2D eigenvalue weighted by atomic mass is 32.2. The molecule has 0 aliphatic carbocycles. The lowest BCUT2D eigenvalue weighted by atomic mass is 10.3. The zero-order valence-electron chi connectivity index (χ0n) is 9.65. The third-order valence-electron chi connectivity index (χ3n) is 1.25. The van der Waals surface area contributed by atoms with Crippen molar-refractivity contribution in [2.45, 2.75) is 32.7 Å². The lowest BCUT2D eigenvalue weighted by Crippen LogP contribution is -1.87. The van der Waals surface area contributed by atoms with E-state index in [2.05, 4.69) is 4.98 Å². The number of hydrogen-bond acceptors (Lipinski definition) is 3. The summed E-state index contributed by atoms with van der Waals surface area (Å²) in [6, 6.07) is 5.52. The van der Waals surface area contributed by atoms with Crippen LogP contribution in [0.4, 0.5) is 0 Å². The fourth-order valence-electron chi connectivity index (χ4n) is 0.776. The van der Waals surface area contributed by atoms with Crippen LogP contribution in [-0.2, 0) is 4.79 Å². The molecule has 0 radical (unpaired) electrons. The maximum atomic E-state index is 11.3. The molecule has 0 amide bonds. The molecule has 0 spiro atoms. The Morgan fingerprint density at radius 3 is 2.47 bits per heavy atom. The molecule has 3 heteroatoms. The number of rotatable bonds is 2. The second kappa shape index (κ2) is 8.24. The fourth-order valence-corrected chi connectivity index (χ4v) is 1.54. The summed E-state index contributed by atoms with van der Waals surface area (Å²) in [6.45, 7) is 7.80. The number of carbonyl (C=O) groups excluding carboxylic acids is 1. The molecule has 0 aromatic carbocycles. The van der Waals surface area contributed by atoms with Gasteiger partial charge in [-0.2, -0.15) is 0 Å². The van der Waals surface area contributed by atoms with Crippen molar-refractivity contribution in [1.82, 2.24) is 4.98 Å².